The summed E-state index contributed by atoms with van der Waals surface area (Å²) in [4.78, 5) is 0.338. The van der Waals surface area contributed by atoms with E-state index in [9.17, 15) is 5.11 Å². The van der Waals surface area contributed by atoms with Crippen LogP contribution in [0.3, 0.4) is 0 Å². The van der Waals surface area contributed by atoms with E-state index < -0.39 is 0 Å². The molecule has 1 aromatic heterocycles. The molecule has 0 radical (unpaired) electrons. The van der Waals surface area contributed by atoms with E-state index in [0.29, 0.717) is 41.0 Å². The predicted octanol–water partition coefficient (Wildman–Crippen LogP) is 3.18. The second kappa shape index (κ2) is 8.32. The lowest BCUT2D eigenvalue weighted by molar-refractivity contribution is -0.577. The summed E-state index contributed by atoms with van der Waals surface area (Å²) in [5.41, 5.74) is 2.81. The van der Waals surface area contributed by atoms with Gasteiger partial charge in [-0.2, -0.15) is 4.57 Å². The smallest absolute Gasteiger partial charge is 0.238 e. The average molecular weight is 404 g/mol. The molecule has 0 bridgehead atoms. The Balaban J connectivity index is 1.75. The van der Waals surface area contributed by atoms with E-state index in [2.05, 4.69) is 5.32 Å². The number of thiocarbonyl (C=S) groups is 1. The highest BCUT2D eigenvalue weighted by molar-refractivity contribution is 7.81. The fourth-order valence-corrected chi connectivity index (χ4v) is 3.35. The van der Waals surface area contributed by atoms with Crippen molar-refractivity contribution in [3.05, 3.63) is 84.2 Å². The van der Waals surface area contributed by atoms with Gasteiger partial charge in [0.25, 0.3) is 0 Å². The van der Waals surface area contributed by atoms with E-state index in [4.69, 9.17) is 21.7 Å². The van der Waals surface area contributed by atoms with Gasteiger partial charge in [-0.3, -0.25) is 0 Å². The van der Waals surface area contributed by atoms with E-state index in [1.54, 1.807) is 35.2 Å². The summed E-state index contributed by atoms with van der Waals surface area (Å²) in [5.74, 6) is 1.00. The van der Waals surface area contributed by atoms with Crippen LogP contribution in [-0.2, 0) is 0 Å². The van der Waals surface area contributed by atoms with Gasteiger partial charge in [0, 0.05) is 17.8 Å². The number of hydrogen-bond donors (Lipinski definition) is 1. The van der Waals surface area contributed by atoms with Crippen LogP contribution in [0.1, 0.15) is 11.1 Å². The number of benzene rings is 2. The Kier molecular flexibility index (Phi) is 5.44. The molecule has 0 atom stereocenters. The molecule has 2 heterocycles. The number of anilines is 1. The van der Waals surface area contributed by atoms with Crippen LogP contribution in [0, 0.1) is 6.92 Å². The number of aryl methyl sites for hydroxylation is 1. The lowest BCUT2D eigenvalue weighted by atomic mass is 10.1. The molecule has 1 aliphatic heterocycles. The SMILES string of the molecule is Cc1ccc(NC(=S)/C(=C(/[O-])c2ccc3c(c2)OCCO3)[n+]2ccccc2)cc1. The zero-order chi connectivity index (χ0) is 20.2. The van der Waals surface area contributed by atoms with E-state index >= 15 is 0 Å². The predicted molar refractivity (Wildman–Crippen MR) is 115 cm³/mol. The van der Waals surface area contributed by atoms with Crippen LogP contribution in [0.2, 0.25) is 0 Å². The number of fused-ring (bicyclic) bond motifs is 1. The maximum absolute atomic E-state index is 13.4. The number of nitrogens with one attached hydrogen (secondary N) is 1. The molecule has 1 N–H and O–H groups in total. The Hall–Kier alpha value is -3.38. The van der Waals surface area contributed by atoms with Crippen molar-refractivity contribution in [1.82, 2.24) is 0 Å². The summed E-state index contributed by atoms with van der Waals surface area (Å²) in [7, 11) is 0. The number of rotatable bonds is 4. The molecule has 2 aromatic carbocycles. The molecule has 0 saturated carbocycles. The second-order valence-corrected chi connectivity index (χ2v) is 7.05. The largest absolute Gasteiger partial charge is 0.867 e. The lowest BCUT2D eigenvalue weighted by Gasteiger charge is -2.21. The van der Waals surface area contributed by atoms with Crippen LogP contribution in [0.25, 0.3) is 11.5 Å². The highest BCUT2D eigenvalue weighted by Crippen LogP contribution is 2.32. The number of pyridine rings is 1. The monoisotopic (exact) mass is 404 g/mol. The normalized spacial score (nSPS) is 13.4. The number of hydrogen-bond acceptors (Lipinski definition) is 4. The molecule has 0 amide bonds. The molecule has 5 nitrogen and oxygen atoms in total. The Bertz CT molecular complexity index is 1060. The molecule has 29 heavy (non-hydrogen) atoms. The summed E-state index contributed by atoms with van der Waals surface area (Å²) in [6, 6.07) is 18.6. The highest BCUT2D eigenvalue weighted by Gasteiger charge is 2.20. The van der Waals surface area contributed by atoms with Crippen LogP contribution >= 0.6 is 12.2 Å². The van der Waals surface area contributed by atoms with Crippen molar-refractivity contribution in [3.63, 3.8) is 0 Å². The summed E-state index contributed by atoms with van der Waals surface area (Å²) < 4.78 is 12.9. The zero-order valence-electron chi connectivity index (χ0n) is 15.9. The molecule has 0 spiro atoms. The number of ether oxygens (including phenoxy) is 2. The van der Waals surface area contributed by atoms with Crippen molar-refractivity contribution < 1.29 is 19.1 Å². The van der Waals surface area contributed by atoms with Gasteiger partial charge in [0.15, 0.2) is 28.9 Å². The molecule has 3 aromatic rings. The molecule has 0 aliphatic carbocycles. The molecule has 0 fully saturated rings. The van der Waals surface area contributed by atoms with Crippen molar-refractivity contribution in [3.8, 4) is 11.5 Å². The summed E-state index contributed by atoms with van der Waals surface area (Å²) in [5, 5.41) is 16.6. The fraction of sp³-hybridized carbons (Fsp3) is 0.130. The lowest BCUT2D eigenvalue weighted by Crippen LogP contribution is -2.39. The van der Waals surface area contributed by atoms with E-state index in [-0.39, 0.29) is 5.76 Å². The van der Waals surface area contributed by atoms with Gasteiger partial charge < -0.3 is 19.9 Å². The molecule has 4 rings (SSSR count). The first-order valence-electron chi connectivity index (χ1n) is 9.28. The topological polar surface area (TPSA) is 57.4 Å². The Labute approximate surface area is 174 Å². The van der Waals surface area contributed by atoms with Gasteiger partial charge in [0.1, 0.15) is 13.2 Å². The minimum Gasteiger partial charge on any atom is -0.867 e. The minimum absolute atomic E-state index is 0.206. The highest BCUT2D eigenvalue weighted by atomic mass is 32.1. The Morgan fingerprint density at radius 1 is 0.966 bits per heavy atom. The van der Waals surface area contributed by atoms with Crippen LogP contribution in [0.5, 0.6) is 11.5 Å². The van der Waals surface area contributed by atoms with Crippen LogP contribution in [0.4, 0.5) is 5.69 Å². The van der Waals surface area contributed by atoms with Crippen LogP contribution < -0.4 is 24.5 Å². The van der Waals surface area contributed by atoms with Gasteiger partial charge in [-0.15, -0.1) is 0 Å². The van der Waals surface area contributed by atoms with Crippen molar-refractivity contribution >= 4 is 34.3 Å². The number of aromatic nitrogens is 1. The molecule has 0 saturated heterocycles. The van der Waals surface area contributed by atoms with Gasteiger partial charge >= 0.3 is 0 Å². The minimum atomic E-state index is -0.206. The fourth-order valence-electron chi connectivity index (χ4n) is 3.03. The Morgan fingerprint density at radius 3 is 2.38 bits per heavy atom. The molecule has 1 aliphatic rings. The summed E-state index contributed by atoms with van der Waals surface area (Å²) in [6.07, 6.45) is 3.60. The van der Waals surface area contributed by atoms with Crippen molar-refractivity contribution in [1.29, 1.82) is 0 Å². The first kappa shape index (κ1) is 19.0. The first-order chi connectivity index (χ1) is 14.1. The number of nitrogens with zero attached hydrogens (tertiary/aromatic N) is 1. The van der Waals surface area contributed by atoms with Gasteiger partial charge in [0.05, 0.1) is 0 Å². The maximum atomic E-state index is 13.4. The van der Waals surface area contributed by atoms with E-state index in [1.807, 2.05) is 49.4 Å². The standard InChI is InChI=1S/C23H20N2O3S/c1-16-5-8-18(9-6-16)24-23(29)21(25-11-3-2-4-12-25)22(26)17-7-10-19-20(15-17)28-14-13-27-19/h2-12,15H,13-14H2,1H3,(H-,24,26,29). The van der Waals surface area contributed by atoms with Gasteiger partial charge in [-0.1, -0.05) is 42.0 Å². The third-order valence-corrected chi connectivity index (χ3v) is 4.81. The molecule has 0 unspecified atom stereocenters. The third-order valence-electron chi connectivity index (χ3n) is 4.52. The van der Waals surface area contributed by atoms with Crippen molar-refractivity contribution in [2.24, 2.45) is 0 Å². The molecular weight excluding hydrogens is 384 g/mol. The third kappa shape index (κ3) is 4.22. The van der Waals surface area contributed by atoms with Crippen molar-refractivity contribution in [2.75, 3.05) is 18.5 Å². The van der Waals surface area contributed by atoms with E-state index in [0.717, 1.165) is 11.3 Å². The second-order valence-electron chi connectivity index (χ2n) is 6.64. The van der Waals surface area contributed by atoms with Crippen LogP contribution in [-0.4, -0.2) is 18.2 Å². The van der Waals surface area contributed by atoms with Gasteiger partial charge in [0.2, 0.25) is 5.70 Å². The summed E-state index contributed by atoms with van der Waals surface area (Å²) in [6.45, 7) is 2.98. The molecule has 146 valence electrons. The molecular formula is C23H20N2O3S. The quantitative estimate of drug-likeness (QED) is 0.313. The maximum Gasteiger partial charge on any atom is 0.238 e. The zero-order valence-corrected chi connectivity index (χ0v) is 16.7. The van der Waals surface area contributed by atoms with Crippen molar-refractivity contribution in [2.45, 2.75) is 6.92 Å². The van der Waals surface area contributed by atoms with E-state index in [1.165, 1.54) is 0 Å². The van der Waals surface area contributed by atoms with Gasteiger partial charge in [-0.25, -0.2) is 0 Å². The van der Waals surface area contributed by atoms with Gasteiger partial charge in [-0.05, 0) is 42.5 Å². The summed E-state index contributed by atoms with van der Waals surface area (Å²) >= 11 is 5.62. The van der Waals surface area contributed by atoms with Crippen LogP contribution in [0.15, 0.2) is 73.1 Å². The average Bonchev–Trinajstić information content (AvgIpc) is 2.76. The Morgan fingerprint density at radius 2 is 1.66 bits per heavy atom. The molecule has 6 heteroatoms. The first-order valence-corrected chi connectivity index (χ1v) is 9.68.